The van der Waals surface area contributed by atoms with Crippen LogP contribution < -0.4 is 10.2 Å². The molecule has 0 spiro atoms. The summed E-state index contributed by atoms with van der Waals surface area (Å²) in [6, 6.07) is 11.9. The van der Waals surface area contributed by atoms with Crippen LogP contribution in [0.1, 0.15) is 30.9 Å². The summed E-state index contributed by atoms with van der Waals surface area (Å²) in [4.78, 5) is 40.4. The van der Waals surface area contributed by atoms with E-state index >= 15 is 0 Å². The van der Waals surface area contributed by atoms with E-state index in [0.717, 1.165) is 18.1 Å². The van der Waals surface area contributed by atoms with Gasteiger partial charge >= 0.3 is 0 Å². The molecule has 8 heteroatoms. The molecule has 6 nitrogen and oxygen atoms in total. The summed E-state index contributed by atoms with van der Waals surface area (Å²) >= 11 is 0. The fourth-order valence-corrected chi connectivity index (χ4v) is 4.14. The number of hydrogen-bond donors (Lipinski definition) is 1. The third-order valence-corrected chi connectivity index (χ3v) is 5.79. The Balaban J connectivity index is 1.48. The second-order valence-corrected chi connectivity index (χ2v) is 7.92. The Labute approximate surface area is 178 Å². The minimum Gasteiger partial charge on any atom is -0.347 e. The van der Waals surface area contributed by atoms with Crippen LogP contribution in [0.4, 0.5) is 14.5 Å². The first-order valence-corrected chi connectivity index (χ1v) is 10.3. The van der Waals surface area contributed by atoms with Crippen molar-refractivity contribution in [2.24, 2.45) is 5.92 Å². The Hall–Kier alpha value is -3.29. The molecule has 0 aromatic heterocycles. The SMILES string of the molecule is O=C(NC(CN1CCCC1=O)c1ccccc1)C1CC(=O)N(c2ccc(F)cc2F)C1. The molecule has 2 unspecified atom stereocenters. The van der Waals surface area contributed by atoms with Crippen molar-refractivity contribution < 1.29 is 23.2 Å². The van der Waals surface area contributed by atoms with E-state index in [2.05, 4.69) is 5.32 Å². The smallest absolute Gasteiger partial charge is 0.227 e. The number of benzene rings is 2. The summed E-state index contributed by atoms with van der Waals surface area (Å²) < 4.78 is 27.3. The van der Waals surface area contributed by atoms with Crippen molar-refractivity contribution >= 4 is 23.4 Å². The van der Waals surface area contributed by atoms with Crippen LogP contribution in [0.3, 0.4) is 0 Å². The number of rotatable bonds is 6. The second kappa shape index (κ2) is 8.83. The van der Waals surface area contributed by atoms with Gasteiger partial charge in [0.25, 0.3) is 0 Å². The van der Waals surface area contributed by atoms with Gasteiger partial charge in [0, 0.05) is 38.5 Å². The molecule has 2 aromatic carbocycles. The molecule has 2 aliphatic rings. The maximum atomic E-state index is 14.1. The molecule has 31 heavy (non-hydrogen) atoms. The molecule has 0 bridgehead atoms. The molecule has 4 rings (SSSR count). The third kappa shape index (κ3) is 4.57. The summed E-state index contributed by atoms with van der Waals surface area (Å²) in [6.07, 6.45) is 1.24. The first kappa shape index (κ1) is 21.0. The Morgan fingerprint density at radius 3 is 2.55 bits per heavy atom. The maximum Gasteiger partial charge on any atom is 0.227 e. The quantitative estimate of drug-likeness (QED) is 0.771. The molecular formula is C23H23F2N3O3. The topological polar surface area (TPSA) is 69.7 Å². The standard InChI is InChI=1S/C23H23F2N3O3/c24-17-8-9-20(18(25)12-17)28-13-16(11-22(28)30)23(31)26-19(15-5-2-1-3-6-15)14-27-10-4-7-21(27)29/h1-3,5-6,8-9,12,16,19H,4,7,10-11,13-14H2,(H,26,31). The molecule has 2 heterocycles. The number of carbonyl (C=O) groups is 3. The van der Waals surface area contributed by atoms with Gasteiger partial charge in [-0.25, -0.2) is 8.78 Å². The summed E-state index contributed by atoms with van der Waals surface area (Å²) in [5, 5.41) is 2.97. The Bertz CT molecular complexity index is 999. The van der Waals surface area contributed by atoms with E-state index in [4.69, 9.17) is 0 Å². The molecule has 2 atom stereocenters. The highest BCUT2D eigenvalue weighted by Crippen LogP contribution is 2.29. The molecule has 0 radical (unpaired) electrons. The highest BCUT2D eigenvalue weighted by Gasteiger charge is 2.37. The summed E-state index contributed by atoms with van der Waals surface area (Å²) in [5.41, 5.74) is 0.824. The predicted octanol–water partition coefficient (Wildman–Crippen LogP) is 2.80. The van der Waals surface area contributed by atoms with E-state index in [9.17, 15) is 23.2 Å². The lowest BCUT2D eigenvalue weighted by atomic mass is 10.0. The molecule has 2 saturated heterocycles. The number of carbonyl (C=O) groups excluding carboxylic acids is 3. The van der Waals surface area contributed by atoms with Gasteiger partial charge in [-0.3, -0.25) is 14.4 Å². The van der Waals surface area contributed by atoms with E-state index in [-0.39, 0.29) is 30.5 Å². The van der Waals surface area contributed by atoms with E-state index in [1.165, 1.54) is 11.0 Å². The third-order valence-electron chi connectivity index (χ3n) is 5.79. The van der Waals surface area contributed by atoms with Crippen molar-refractivity contribution in [2.75, 3.05) is 24.5 Å². The van der Waals surface area contributed by atoms with E-state index in [0.29, 0.717) is 25.6 Å². The largest absolute Gasteiger partial charge is 0.347 e. The lowest BCUT2D eigenvalue weighted by Crippen LogP contribution is -2.41. The normalized spacial score (nSPS) is 19.7. The molecule has 0 saturated carbocycles. The molecule has 3 amide bonds. The fourth-order valence-electron chi connectivity index (χ4n) is 4.14. The van der Waals surface area contributed by atoms with Crippen LogP contribution in [0.15, 0.2) is 48.5 Å². The van der Waals surface area contributed by atoms with E-state index in [1.807, 2.05) is 30.3 Å². The molecule has 2 aliphatic heterocycles. The van der Waals surface area contributed by atoms with Gasteiger partial charge in [-0.05, 0) is 24.1 Å². The first-order chi connectivity index (χ1) is 14.9. The zero-order valence-electron chi connectivity index (χ0n) is 16.9. The Morgan fingerprint density at radius 2 is 1.87 bits per heavy atom. The van der Waals surface area contributed by atoms with Gasteiger partial charge in [0.05, 0.1) is 17.6 Å². The van der Waals surface area contributed by atoms with Gasteiger partial charge in [0.2, 0.25) is 17.7 Å². The number of nitrogens with one attached hydrogen (secondary N) is 1. The zero-order chi connectivity index (χ0) is 22.0. The Morgan fingerprint density at radius 1 is 1.10 bits per heavy atom. The van der Waals surface area contributed by atoms with Gasteiger partial charge in [-0.1, -0.05) is 30.3 Å². The van der Waals surface area contributed by atoms with Crippen molar-refractivity contribution in [3.8, 4) is 0 Å². The number of hydrogen-bond acceptors (Lipinski definition) is 3. The summed E-state index contributed by atoms with van der Waals surface area (Å²) in [6.45, 7) is 1.01. The first-order valence-electron chi connectivity index (χ1n) is 10.3. The van der Waals surface area contributed by atoms with Gasteiger partial charge in [0.15, 0.2) is 0 Å². The molecule has 1 N–H and O–H groups in total. The van der Waals surface area contributed by atoms with E-state index < -0.39 is 29.5 Å². The van der Waals surface area contributed by atoms with Crippen molar-refractivity contribution in [3.05, 3.63) is 65.7 Å². The minimum atomic E-state index is -0.843. The lowest BCUT2D eigenvalue weighted by molar-refractivity contribution is -0.130. The molecule has 162 valence electrons. The molecular weight excluding hydrogens is 404 g/mol. The summed E-state index contributed by atoms with van der Waals surface area (Å²) in [7, 11) is 0. The highest BCUT2D eigenvalue weighted by atomic mass is 19.1. The van der Waals surface area contributed by atoms with Crippen LogP contribution in [0.2, 0.25) is 0 Å². The number of halogens is 2. The summed E-state index contributed by atoms with van der Waals surface area (Å²) in [5.74, 6) is -2.91. The molecule has 2 fully saturated rings. The van der Waals surface area contributed by atoms with Gasteiger partial charge in [0.1, 0.15) is 11.6 Å². The van der Waals surface area contributed by atoms with Crippen LogP contribution in [-0.2, 0) is 14.4 Å². The van der Waals surface area contributed by atoms with Crippen LogP contribution >= 0.6 is 0 Å². The lowest BCUT2D eigenvalue weighted by Gasteiger charge is -2.26. The van der Waals surface area contributed by atoms with Gasteiger partial charge < -0.3 is 15.1 Å². The molecule has 0 aliphatic carbocycles. The minimum absolute atomic E-state index is 0.0113. The van der Waals surface area contributed by atoms with Crippen molar-refractivity contribution in [1.29, 1.82) is 0 Å². The molecule has 2 aromatic rings. The van der Waals surface area contributed by atoms with Crippen LogP contribution in [0.25, 0.3) is 0 Å². The van der Waals surface area contributed by atoms with Gasteiger partial charge in [-0.15, -0.1) is 0 Å². The van der Waals surface area contributed by atoms with Gasteiger partial charge in [-0.2, -0.15) is 0 Å². The van der Waals surface area contributed by atoms with Crippen LogP contribution in [-0.4, -0.2) is 42.3 Å². The van der Waals surface area contributed by atoms with Crippen LogP contribution in [0.5, 0.6) is 0 Å². The average Bonchev–Trinajstić information content (AvgIpc) is 3.33. The number of anilines is 1. The monoisotopic (exact) mass is 427 g/mol. The van der Waals surface area contributed by atoms with Crippen molar-refractivity contribution in [2.45, 2.75) is 25.3 Å². The fraction of sp³-hybridized carbons (Fsp3) is 0.348. The highest BCUT2D eigenvalue weighted by molar-refractivity contribution is 6.00. The van der Waals surface area contributed by atoms with Crippen molar-refractivity contribution in [1.82, 2.24) is 10.2 Å². The van der Waals surface area contributed by atoms with Crippen LogP contribution in [0, 0.1) is 17.6 Å². The zero-order valence-corrected chi connectivity index (χ0v) is 16.9. The number of likely N-dealkylation sites (tertiary alicyclic amines) is 1. The predicted molar refractivity (Wildman–Crippen MR) is 110 cm³/mol. The van der Waals surface area contributed by atoms with E-state index in [1.54, 1.807) is 4.90 Å². The maximum absolute atomic E-state index is 14.1. The second-order valence-electron chi connectivity index (χ2n) is 7.92. The van der Waals surface area contributed by atoms with Crippen molar-refractivity contribution in [3.63, 3.8) is 0 Å². The number of nitrogens with zero attached hydrogens (tertiary/aromatic N) is 2. The Kier molecular flexibility index (Phi) is 5.97. The average molecular weight is 427 g/mol. The number of amides is 3.